The lowest BCUT2D eigenvalue weighted by atomic mass is 10.1. The van der Waals surface area contributed by atoms with Crippen molar-refractivity contribution in [2.24, 2.45) is 4.40 Å². The van der Waals surface area contributed by atoms with Crippen molar-refractivity contribution in [3.8, 4) is 5.75 Å². The van der Waals surface area contributed by atoms with E-state index in [1.165, 1.54) is 5.56 Å². The molecule has 0 aromatic heterocycles. The minimum Gasteiger partial charge on any atom is -0.497 e. The zero-order valence-corrected chi connectivity index (χ0v) is 17.5. The fourth-order valence-corrected chi connectivity index (χ4v) is 5.37. The van der Waals surface area contributed by atoms with E-state index < -0.39 is 10.0 Å². The lowest BCUT2D eigenvalue weighted by Crippen LogP contribution is -2.48. The predicted molar refractivity (Wildman–Crippen MR) is 115 cm³/mol. The third-order valence-electron chi connectivity index (χ3n) is 5.41. The van der Waals surface area contributed by atoms with Crippen molar-refractivity contribution in [3.63, 3.8) is 0 Å². The van der Waals surface area contributed by atoms with Crippen LogP contribution in [0.5, 0.6) is 5.75 Å². The molecule has 0 aliphatic carbocycles. The van der Waals surface area contributed by atoms with E-state index in [-0.39, 0.29) is 0 Å². The summed E-state index contributed by atoms with van der Waals surface area (Å²) in [4.78, 5) is 4.77. The van der Waals surface area contributed by atoms with Crippen LogP contribution in [-0.2, 0) is 16.6 Å². The Morgan fingerprint density at radius 3 is 2.24 bits per heavy atom. The van der Waals surface area contributed by atoms with Crippen LogP contribution in [0.4, 0.5) is 0 Å². The van der Waals surface area contributed by atoms with Crippen molar-refractivity contribution >= 4 is 20.8 Å². The average molecular weight is 412 g/mol. The van der Waals surface area contributed by atoms with Gasteiger partial charge in [0, 0.05) is 38.3 Å². The Bertz CT molecular complexity index is 1040. The monoisotopic (exact) mass is 411 g/mol. The molecule has 2 aromatic carbocycles. The molecule has 6 nitrogen and oxygen atoms in total. The first-order valence-electron chi connectivity index (χ1n) is 9.70. The van der Waals surface area contributed by atoms with Crippen LogP contribution in [0.3, 0.4) is 0 Å². The van der Waals surface area contributed by atoms with Gasteiger partial charge in [-0.3, -0.25) is 4.90 Å². The third-order valence-corrected chi connectivity index (χ3v) is 6.88. The predicted octanol–water partition coefficient (Wildman–Crippen LogP) is 2.99. The molecule has 0 bridgehead atoms. The normalized spacial score (nSPS) is 19.4. The molecule has 0 saturated carbocycles. The average Bonchev–Trinajstić information content (AvgIpc) is 2.98. The van der Waals surface area contributed by atoms with Crippen LogP contribution in [0.1, 0.15) is 18.1 Å². The highest BCUT2D eigenvalue weighted by Gasteiger charge is 2.34. The maximum atomic E-state index is 12.8. The summed E-state index contributed by atoms with van der Waals surface area (Å²) >= 11 is 0. The summed E-state index contributed by atoms with van der Waals surface area (Å²) in [6.07, 6.45) is 0. The smallest absolute Gasteiger partial charge is 0.285 e. The number of hydrogen-bond donors (Lipinski definition) is 0. The van der Waals surface area contributed by atoms with E-state index in [0.29, 0.717) is 27.6 Å². The van der Waals surface area contributed by atoms with Gasteiger partial charge in [0.05, 0.1) is 7.11 Å². The van der Waals surface area contributed by atoms with Gasteiger partial charge in [-0.2, -0.15) is 8.42 Å². The Hall–Kier alpha value is -2.64. The highest BCUT2D eigenvalue weighted by Crippen LogP contribution is 2.34. The second-order valence-corrected chi connectivity index (χ2v) is 8.86. The molecule has 0 N–H and O–H groups in total. The summed E-state index contributed by atoms with van der Waals surface area (Å²) in [6, 6.07) is 17.5. The maximum absolute atomic E-state index is 12.8. The molecule has 4 rings (SSSR count). The second kappa shape index (κ2) is 8.00. The SMILES string of the molecule is COc1ccc(C2=C(C)C(N3CCN(Cc4ccccc4)CC3)=NS2(=O)=O)cc1. The first-order chi connectivity index (χ1) is 14.0. The minimum atomic E-state index is -3.70. The van der Waals surface area contributed by atoms with Gasteiger partial charge in [-0.1, -0.05) is 30.3 Å². The molecule has 0 amide bonds. The largest absolute Gasteiger partial charge is 0.497 e. The van der Waals surface area contributed by atoms with Crippen molar-refractivity contribution in [2.75, 3.05) is 33.3 Å². The first-order valence-corrected chi connectivity index (χ1v) is 11.1. The summed E-state index contributed by atoms with van der Waals surface area (Å²) in [5.41, 5.74) is 2.65. The van der Waals surface area contributed by atoms with Crippen molar-refractivity contribution in [2.45, 2.75) is 13.5 Å². The molecule has 2 aliphatic rings. The number of methoxy groups -OCH3 is 1. The number of piperazine rings is 1. The van der Waals surface area contributed by atoms with E-state index in [0.717, 1.165) is 32.7 Å². The summed E-state index contributed by atoms with van der Waals surface area (Å²) in [5, 5.41) is 0. The third kappa shape index (κ3) is 4.06. The van der Waals surface area contributed by atoms with E-state index in [9.17, 15) is 8.42 Å². The molecule has 2 aromatic rings. The van der Waals surface area contributed by atoms with Gasteiger partial charge in [0.1, 0.15) is 16.5 Å². The Morgan fingerprint density at radius 1 is 0.966 bits per heavy atom. The van der Waals surface area contributed by atoms with Gasteiger partial charge in [0.2, 0.25) is 0 Å². The highest BCUT2D eigenvalue weighted by atomic mass is 32.2. The number of amidine groups is 1. The van der Waals surface area contributed by atoms with E-state index in [1.54, 1.807) is 31.4 Å². The molecule has 2 heterocycles. The van der Waals surface area contributed by atoms with Crippen molar-refractivity contribution < 1.29 is 13.2 Å². The molecule has 7 heteroatoms. The van der Waals surface area contributed by atoms with Crippen molar-refractivity contribution in [3.05, 3.63) is 71.3 Å². The van der Waals surface area contributed by atoms with Crippen LogP contribution in [0.25, 0.3) is 4.91 Å². The Morgan fingerprint density at radius 2 is 1.62 bits per heavy atom. The van der Waals surface area contributed by atoms with Crippen LogP contribution >= 0.6 is 0 Å². The summed E-state index contributed by atoms with van der Waals surface area (Å²) < 4.78 is 34.8. The van der Waals surface area contributed by atoms with Crippen LogP contribution in [0.2, 0.25) is 0 Å². The molecule has 0 atom stereocenters. The number of ether oxygens (including phenoxy) is 1. The van der Waals surface area contributed by atoms with E-state index >= 15 is 0 Å². The van der Waals surface area contributed by atoms with Crippen LogP contribution < -0.4 is 4.74 Å². The zero-order valence-electron chi connectivity index (χ0n) is 16.7. The van der Waals surface area contributed by atoms with Crippen molar-refractivity contribution in [1.29, 1.82) is 0 Å². The van der Waals surface area contributed by atoms with Gasteiger partial charge in [0.15, 0.2) is 0 Å². The van der Waals surface area contributed by atoms with E-state index in [4.69, 9.17) is 4.74 Å². The molecule has 0 spiro atoms. The van der Waals surface area contributed by atoms with Crippen LogP contribution in [0.15, 0.2) is 64.6 Å². The quantitative estimate of drug-likeness (QED) is 0.774. The number of sulfonamides is 1. The molecule has 1 saturated heterocycles. The van der Waals surface area contributed by atoms with Crippen LogP contribution in [-0.4, -0.2) is 57.3 Å². The summed E-state index contributed by atoms with van der Waals surface area (Å²) in [5.74, 6) is 1.27. The lowest BCUT2D eigenvalue weighted by Gasteiger charge is -2.36. The molecular weight excluding hydrogens is 386 g/mol. The molecular formula is C22H25N3O3S. The van der Waals surface area contributed by atoms with Gasteiger partial charge < -0.3 is 9.64 Å². The van der Waals surface area contributed by atoms with Gasteiger partial charge in [-0.25, -0.2) is 0 Å². The Labute approximate surface area is 172 Å². The fraction of sp³-hybridized carbons (Fsp3) is 0.318. The van der Waals surface area contributed by atoms with Crippen LogP contribution in [0, 0.1) is 0 Å². The minimum absolute atomic E-state index is 0.293. The van der Waals surface area contributed by atoms with E-state index in [2.05, 4.69) is 38.5 Å². The molecule has 1 fully saturated rings. The topological polar surface area (TPSA) is 62.2 Å². The number of benzene rings is 2. The van der Waals surface area contributed by atoms with E-state index in [1.807, 2.05) is 13.0 Å². The van der Waals surface area contributed by atoms with Crippen molar-refractivity contribution in [1.82, 2.24) is 9.80 Å². The Kier molecular flexibility index (Phi) is 5.43. The molecule has 0 radical (unpaired) electrons. The number of rotatable bonds is 4. The van der Waals surface area contributed by atoms with Gasteiger partial charge in [-0.05, 0) is 42.3 Å². The summed E-state index contributed by atoms with van der Waals surface area (Å²) in [6.45, 7) is 6.02. The molecule has 29 heavy (non-hydrogen) atoms. The second-order valence-electron chi connectivity index (χ2n) is 7.32. The Balaban J connectivity index is 1.49. The zero-order chi connectivity index (χ0) is 20.4. The standard InChI is InChI=1S/C22H25N3O3S/c1-17-21(19-8-10-20(28-2)11-9-19)29(26,27)23-22(17)25-14-12-24(13-15-25)16-18-6-4-3-5-7-18/h3-11H,12-16H2,1-2H3. The number of hydrogen-bond acceptors (Lipinski definition) is 5. The molecule has 0 unspecified atom stereocenters. The first kappa shape index (κ1) is 19.7. The van der Waals surface area contributed by atoms with Gasteiger partial charge >= 0.3 is 0 Å². The number of nitrogens with zero attached hydrogens (tertiary/aromatic N) is 3. The summed E-state index contributed by atoms with van der Waals surface area (Å²) in [7, 11) is -2.11. The molecule has 2 aliphatic heterocycles. The molecule has 152 valence electrons. The van der Waals surface area contributed by atoms with Gasteiger partial charge in [-0.15, -0.1) is 4.40 Å². The maximum Gasteiger partial charge on any atom is 0.285 e. The fourth-order valence-electron chi connectivity index (χ4n) is 3.89. The highest BCUT2D eigenvalue weighted by molar-refractivity contribution is 8.00. The lowest BCUT2D eigenvalue weighted by molar-refractivity contribution is 0.176. The van der Waals surface area contributed by atoms with Gasteiger partial charge in [0.25, 0.3) is 10.0 Å².